The highest BCUT2D eigenvalue weighted by Crippen LogP contribution is 2.42. The molecule has 0 aliphatic carbocycles. The van der Waals surface area contributed by atoms with Gasteiger partial charge in [0.05, 0.1) is 9.90 Å². The summed E-state index contributed by atoms with van der Waals surface area (Å²) in [7, 11) is 0. The van der Waals surface area contributed by atoms with Crippen molar-refractivity contribution in [1.29, 1.82) is 0 Å². The molecule has 26 heavy (non-hydrogen) atoms. The van der Waals surface area contributed by atoms with Crippen LogP contribution in [0.5, 0.6) is 0 Å². The Morgan fingerprint density at radius 1 is 0.769 bits per heavy atom. The van der Waals surface area contributed by atoms with Crippen LogP contribution in [-0.4, -0.2) is 4.98 Å². The molecule has 3 heteroatoms. The van der Waals surface area contributed by atoms with Crippen LogP contribution in [0.4, 0.5) is 0 Å². The van der Waals surface area contributed by atoms with Gasteiger partial charge in [-0.1, -0.05) is 97.5 Å². The van der Waals surface area contributed by atoms with Crippen LogP contribution in [-0.2, 0) is 0 Å². The lowest BCUT2D eigenvalue weighted by Gasteiger charge is -2.11. The second-order valence-corrected chi connectivity index (χ2v) is 8.45. The Balaban J connectivity index is 1.76. The Labute approximate surface area is 162 Å². The third-order valence-corrected chi connectivity index (χ3v) is 6.62. The number of hydrogen-bond acceptors (Lipinski definition) is 3. The lowest BCUT2D eigenvalue weighted by atomic mass is 9.99. The molecule has 1 nitrogen and oxygen atoms in total. The minimum atomic E-state index is 0.260. The molecule has 0 aliphatic rings. The SMILES string of the molecule is CC(c1ccccc1)c1nc(-c2ccccc2)sc1Sc1ccccc1. The van der Waals surface area contributed by atoms with Crippen LogP contribution in [0.2, 0.25) is 0 Å². The number of thiazole rings is 1. The number of nitrogens with zero attached hydrogens (tertiary/aromatic N) is 1. The Hall–Kier alpha value is -2.36. The lowest BCUT2D eigenvalue weighted by Crippen LogP contribution is -1.97. The molecule has 1 heterocycles. The minimum Gasteiger partial charge on any atom is -0.239 e. The largest absolute Gasteiger partial charge is 0.239 e. The molecule has 0 radical (unpaired) electrons. The van der Waals surface area contributed by atoms with Crippen molar-refractivity contribution in [1.82, 2.24) is 4.98 Å². The molecule has 1 aromatic heterocycles. The van der Waals surface area contributed by atoms with Crippen LogP contribution >= 0.6 is 23.1 Å². The van der Waals surface area contributed by atoms with Gasteiger partial charge in [-0.05, 0) is 17.7 Å². The van der Waals surface area contributed by atoms with Crippen molar-refractivity contribution < 1.29 is 0 Å². The number of rotatable bonds is 5. The predicted molar refractivity (Wildman–Crippen MR) is 112 cm³/mol. The fraction of sp³-hybridized carbons (Fsp3) is 0.0870. The van der Waals surface area contributed by atoms with Crippen LogP contribution < -0.4 is 0 Å². The van der Waals surface area contributed by atoms with Gasteiger partial charge in [0.1, 0.15) is 5.01 Å². The van der Waals surface area contributed by atoms with Gasteiger partial charge in [0, 0.05) is 16.4 Å². The van der Waals surface area contributed by atoms with Crippen LogP contribution in [0.3, 0.4) is 0 Å². The summed E-state index contributed by atoms with van der Waals surface area (Å²) in [4.78, 5) is 6.30. The van der Waals surface area contributed by atoms with Crippen LogP contribution in [0.25, 0.3) is 10.6 Å². The first-order valence-corrected chi connectivity index (χ1v) is 10.3. The second-order valence-electron chi connectivity index (χ2n) is 6.11. The van der Waals surface area contributed by atoms with E-state index in [4.69, 9.17) is 4.98 Å². The van der Waals surface area contributed by atoms with Gasteiger partial charge in [0.15, 0.2) is 0 Å². The fourth-order valence-corrected chi connectivity index (χ4v) is 5.29. The van der Waals surface area contributed by atoms with Crippen molar-refractivity contribution in [3.05, 3.63) is 102 Å². The average molecular weight is 374 g/mol. The normalized spacial score (nSPS) is 12.0. The molecule has 0 aliphatic heterocycles. The molecule has 1 unspecified atom stereocenters. The van der Waals surface area contributed by atoms with Crippen LogP contribution in [0, 0.1) is 0 Å². The molecule has 0 spiro atoms. The highest BCUT2D eigenvalue weighted by atomic mass is 32.2. The summed E-state index contributed by atoms with van der Waals surface area (Å²) in [6.07, 6.45) is 0. The topological polar surface area (TPSA) is 12.9 Å². The summed E-state index contributed by atoms with van der Waals surface area (Å²) < 4.78 is 1.27. The van der Waals surface area contributed by atoms with Gasteiger partial charge in [-0.3, -0.25) is 0 Å². The Kier molecular flexibility index (Phi) is 5.19. The smallest absolute Gasteiger partial charge is 0.124 e. The quantitative estimate of drug-likeness (QED) is 0.369. The zero-order valence-electron chi connectivity index (χ0n) is 14.5. The van der Waals surface area contributed by atoms with E-state index < -0.39 is 0 Å². The van der Waals surface area contributed by atoms with Crippen molar-refractivity contribution >= 4 is 23.1 Å². The molecule has 1 atom stereocenters. The van der Waals surface area contributed by atoms with E-state index in [9.17, 15) is 0 Å². The number of benzene rings is 3. The van der Waals surface area contributed by atoms with Crippen molar-refractivity contribution in [2.75, 3.05) is 0 Å². The van der Waals surface area contributed by atoms with E-state index in [0.29, 0.717) is 0 Å². The van der Waals surface area contributed by atoms with Crippen molar-refractivity contribution in [2.24, 2.45) is 0 Å². The highest BCUT2D eigenvalue weighted by Gasteiger charge is 2.20. The summed E-state index contributed by atoms with van der Waals surface area (Å²) in [6.45, 7) is 2.24. The molecule has 0 saturated carbocycles. The van der Waals surface area contributed by atoms with Gasteiger partial charge in [-0.2, -0.15) is 0 Å². The Morgan fingerprint density at radius 2 is 1.35 bits per heavy atom. The van der Waals surface area contributed by atoms with Crippen molar-refractivity contribution in [3.8, 4) is 10.6 Å². The maximum atomic E-state index is 5.05. The highest BCUT2D eigenvalue weighted by molar-refractivity contribution is 8.01. The van der Waals surface area contributed by atoms with E-state index in [1.165, 1.54) is 20.2 Å². The number of aromatic nitrogens is 1. The van der Waals surface area contributed by atoms with Gasteiger partial charge in [0.2, 0.25) is 0 Å². The maximum absolute atomic E-state index is 5.05. The molecule has 0 bridgehead atoms. The summed E-state index contributed by atoms with van der Waals surface area (Å²) in [5, 5.41) is 1.09. The first kappa shape index (κ1) is 17.1. The zero-order chi connectivity index (χ0) is 17.8. The van der Waals surface area contributed by atoms with E-state index in [2.05, 4.69) is 91.9 Å². The fourth-order valence-electron chi connectivity index (χ4n) is 2.86. The predicted octanol–water partition coefficient (Wildman–Crippen LogP) is 7.11. The molecule has 4 rings (SSSR count). The average Bonchev–Trinajstić information content (AvgIpc) is 3.13. The third kappa shape index (κ3) is 3.74. The second kappa shape index (κ2) is 7.90. The van der Waals surface area contributed by atoms with Crippen molar-refractivity contribution in [2.45, 2.75) is 21.9 Å². The van der Waals surface area contributed by atoms with Crippen molar-refractivity contribution in [3.63, 3.8) is 0 Å². The van der Waals surface area contributed by atoms with Gasteiger partial charge in [-0.15, -0.1) is 11.3 Å². The van der Waals surface area contributed by atoms with E-state index in [1.807, 2.05) is 17.8 Å². The van der Waals surface area contributed by atoms with E-state index in [-0.39, 0.29) is 5.92 Å². The number of hydrogen-bond donors (Lipinski definition) is 0. The summed E-state index contributed by atoms with van der Waals surface area (Å²) in [5.41, 5.74) is 3.64. The Morgan fingerprint density at radius 3 is 2.00 bits per heavy atom. The first-order chi connectivity index (χ1) is 12.8. The molecule has 0 saturated heterocycles. The molecule has 3 aromatic carbocycles. The van der Waals surface area contributed by atoms with E-state index in [1.54, 1.807) is 11.3 Å². The molecule has 128 valence electrons. The van der Waals surface area contributed by atoms with Crippen LogP contribution in [0.15, 0.2) is 100 Å². The van der Waals surface area contributed by atoms with Gasteiger partial charge < -0.3 is 0 Å². The summed E-state index contributed by atoms with van der Waals surface area (Å²) >= 11 is 3.59. The summed E-state index contributed by atoms with van der Waals surface area (Å²) in [6, 6.07) is 31.6. The van der Waals surface area contributed by atoms with E-state index >= 15 is 0 Å². The molecule has 0 fully saturated rings. The minimum absolute atomic E-state index is 0.260. The monoisotopic (exact) mass is 373 g/mol. The molecule has 0 N–H and O–H groups in total. The molecular formula is C23H19NS2. The Bertz CT molecular complexity index is 963. The van der Waals surface area contributed by atoms with Gasteiger partial charge >= 0.3 is 0 Å². The zero-order valence-corrected chi connectivity index (χ0v) is 16.1. The lowest BCUT2D eigenvalue weighted by molar-refractivity contribution is 0.863. The van der Waals surface area contributed by atoms with E-state index in [0.717, 1.165) is 10.7 Å². The molecule has 4 aromatic rings. The standard InChI is InChI=1S/C23H19NS2/c1-17(18-11-5-2-6-12-18)21-23(25-20-15-9-4-10-16-20)26-22(24-21)19-13-7-3-8-14-19/h2-17H,1H3. The van der Waals surface area contributed by atoms with Gasteiger partial charge in [0.25, 0.3) is 0 Å². The molecule has 0 amide bonds. The first-order valence-electron chi connectivity index (χ1n) is 8.65. The third-order valence-electron chi connectivity index (χ3n) is 4.30. The van der Waals surface area contributed by atoms with Gasteiger partial charge in [-0.25, -0.2) is 4.98 Å². The molecular weight excluding hydrogens is 354 g/mol. The summed E-state index contributed by atoms with van der Waals surface area (Å²) in [5.74, 6) is 0.260. The van der Waals surface area contributed by atoms with Crippen LogP contribution in [0.1, 0.15) is 24.1 Å². The maximum Gasteiger partial charge on any atom is 0.124 e.